The van der Waals surface area contributed by atoms with Crippen LogP contribution in [0.25, 0.3) is 5.76 Å². The average molecular weight is 422 g/mol. The second-order valence-electron chi connectivity index (χ2n) is 7.92. The fourth-order valence-electron chi connectivity index (χ4n) is 4.00. The number of ether oxygens (including phenoxy) is 2. The largest absolute Gasteiger partial charge is 0.507 e. The van der Waals surface area contributed by atoms with Gasteiger partial charge in [-0.05, 0) is 50.8 Å². The van der Waals surface area contributed by atoms with Gasteiger partial charge in [0.25, 0.3) is 11.7 Å². The first-order chi connectivity index (χ1) is 15.0. The van der Waals surface area contributed by atoms with Crippen LogP contribution in [0.4, 0.5) is 0 Å². The van der Waals surface area contributed by atoms with E-state index in [-0.39, 0.29) is 11.3 Å². The molecule has 31 heavy (non-hydrogen) atoms. The van der Waals surface area contributed by atoms with E-state index in [0.29, 0.717) is 43.2 Å². The van der Waals surface area contributed by atoms with Crippen molar-refractivity contribution < 1.29 is 24.2 Å². The zero-order valence-corrected chi connectivity index (χ0v) is 17.7. The Kier molecular flexibility index (Phi) is 5.95. The van der Waals surface area contributed by atoms with E-state index in [4.69, 9.17) is 9.47 Å². The van der Waals surface area contributed by atoms with Crippen LogP contribution >= 0.6 is 0 Å². The summed E-state index contributed by atoms with van der Waals surface area (Å²) in [6, 6.07) is 13.7. The molecule has 1 fully saturated rings. The lowest BCUT2D eigenvalue weighted by Crippen LogP contribution is -2.32. The maximum atomic E-state index is 13.0. The molecule has 0 saturated carbocycles. The lowest BCUT2D eigenvalue weighted by molar-refractivity contribution is -0.139. The molecular formula is C24H26N2O5. The number of fused-ring (bicyclic) bond motifs is 1. The van der Waals surface area contributed by atoms with Crippen molar-refractivity contribution in [2.24, 2.45) is 0 Å². The molecule has 2 aromatic carbocycles. The van der Waals surface area contributed by atoms with E-state index in [1.807, 2.05) is 49.3 Å². The number of carbonyl (C=O) groups is 2. The molecule has 4 rings (SSSR count). The zero-order valence-electron chi connectivity index (χ0n) is 17.7. The van der Waals surface area contributed by atoms with Gasteiger partial charge in [0.1, 0.15) is 19.0 Å². The molecule has 1 saturated heterocycles. The number of aliphatic hydroxyl groups is 1. The van der Waals surface area contributed by atoms with E-state index in [9.17, 15) is 14.7 Å². The highest BCUT2D eigenvalue weighted by atomic mass is 16.6. The van der Waals surface area contributed by atoms with E-state index in [1.165, 1.54) is 0 Å². The molecule has 1 unspecified atom stereocenters. The van der Waals surface area contributed by atoms with Crippen molar-refractivity contribution in [2.45, 2.75) is 12.5 Å². The number of amides is 1. The minimum absolute atomic E-state index is 0.0951. The number of Topliss-reactive ketones (excluding diaryl/α,β-unsaturated/α-hetero) is 1. The third-order valence-corrected chi connectivity index (χ3v) is 5.48. The Morgan fingerprint density at radius 1 is 1.06 bits per heavy atom. The summed E-state index contributed by atoms with van der Waals surface area (Å²) < 4.78 is 11.1. The van der Waals surface area contributed by atoms with E-state index < -0.39 is 17.7 Å². The summed E-state index contributed by atoms with van der Waals surface area (Å²) in [6.07, 6.45) is 0.716. The van der Waals surface area contributed by atoms with E-state index >= 15 is 0 Å². The first-order valence-corrected chi connectivity index (χ1v) is 10.4. The smallest absolute Gasteiger partial charge is 0.295 e. The number of hydrogen-bond donors (Lipinski definition) is 1. The van der Waals surface area contributed by atoms with Crippen LogP contribution in [0.15, 0.2) is 54.1 Å². The van der Waals surface area contributed by atoms with Crippen LogP contribution in [0.1, 0.15) is 23.6 Å². The summed E-state index contributed by atoms with van der Waals surface area (Å²) >= 11 is 0. The minimum atomic E-state index is -0.675. The van der Waals surface area contributed by atoms with Crippen molar-refractivity contribution in [3.8, 4) is 11.5 Å². The molecule has 0 spiro atoms. The van der Waals surface area contributed by atoms with Crippen LogP contribution in [0, 0.1) is 0 Å². The summed E-state index contributed by atoms with van der Waals surface area (Å²) in [5.74, 6) is -0.379. The predicted molar refractivity (Wildman–Crippen MR) is 116 cm³/mol. The van der Waals surface area contributed by atoms with Gasteiger partial charge < -0.3 is 24.4 Å². The molecule has 2 aliphatic heterocycles. The third-order valence-electron chi connectivity index (χ3n) is 5.48. The molecule has 0 aliphatic carbocycles. The van der Waals surface area contributed by atoms with Gasteiger partial charge in [0.2, 0.25) is 0 Å². The highest BCUT2D eigenvalue weighted by Gasteiger charge is 2.45. The molecule has 162 valence electrons. The molecule has 0 bridgehead atoms. The van der Waals surface area contributed by atoms with Gasteiger partial charge in [0.05, 0.1) is 11.6 Å². The van der Waals surface area contributed by atoms with Crippen molar-refractivity contribution in [3.63, 3.8) is 0 Å². The maximum Gasteiger partial charge on any atom is 0.295 e. The molecule has 2 aromatic rings. The van der Waals surface area contributed by atoms with Crippen molar-refractivity contribution in [3.05, 3.63) is 65.2 Å². The molecule has 0 radical (unpaired) electrons. The SMILES string of the molecule is CN(C)CCCN1C(=O)C(=O)/C(=C(/O)c2ccc3c(c2)OCCO3)C1c1ccccc1. The Balaban J connectivity index is 1.76. The Morgan fingerprint density at radius 2 is 1.77 bits per heavy atom. The Hall–Kier alpha value is -3.32. The average Bonchev–Trinajstić information content (AvgIpc) is 3.03. The number of nitrogens with zero attached hydrogens (tertiary/aromatic N) is 2. The Morgan fingerprint density at radius 3 is 2.48 bits per heavy atom. The van der Waals surface area contributed by atoms with Crippen LogP contribution in [-0.2, 0) is 9.59 Å². The molecular weight excluding hydrogens is 396 g/mol. The predicted octanol–water partition coefficient (Wildman–Crippen LogP) is 2.83. The van der Waals surface area contributed by atoms with Crippen LogP contribution in [-0.4, -0.2) is 67.0 Å². The lowest BCUT2D eigenvalue weighted by Gasteiger charge is -2.26. The number of likely N-dealkylation sites (tertiary alicyclic amines) is 1. The first kappa shape index (κ1) is 20.9. The lowest BCUT2D eigenvalue weighted by atomic mass is 9.95. The summed E-state index contributed by atoms with van der Waals surface area (Å²) in [5, 5.41) is 11.1. The van der Waals surface area contributed by atoms with Crippen LogP contribution < -0.4 is 9.47 Å². The fourth-order valence-corrected chi connectivity index (χ4v) is 4.00. The minimum Gasteiger partial charge on any atom is -0.507 e. The van der Waals surface area contributed by atoms with E-state index in [0.717, 1.165) is 12.1 Å². The normalized spacial score (nSPS) is 19.8. The van der Waals surface area contributed by atoms with Gasteiger partial charge in [-0.3, -0.25) is 9.59 Å². The van der Waals surface area contributed by atoms with Crippen molar-refractivity contribution in [1.29, 1.82) is 0 Å². The first-order valence-electron chi connectivity index (χ1n) is 10.4. The molecule has 1 amide bonds. The Bertz CT molecular complexity index is 1020. The maximum absolute atomic E-state index is 13.0. The Labute approximate surface area is 181 Å². The molecule has 2 aliphatic rings. The molecule has 2 heterocycles. The number of benzene rings is 2. The summed E-state index contributed by atoms with van der Waals surface area (Å²) in [4.78, 5) is 29.5. The van der Waals surface area contributed by atoms with Crippen LogP contribution in [0.2, 0.25) is 0 Å². The molecule has 7 nitrogen and oxygen atoms in total. The molecule has 0 aromatic heterocycles. The van der Waals surface area contributed by atoms with Gasteiger partial charge in [-0.25, -0.2) is 0 Å². The van der Waals surface area contributed by atoms with Crippen LogP contribution in [0.3, 0.4) is 0 Å². The summed E-state index contributed by atoms with van der Waals surface area (Å²) in [6.45, 7) is 2.08. The van der Waals surface area contributed by atoms with Gasteiger partial charge in [-0.2, -0.15) is 0 Å². The van der Waals surface area contributed by atoms with Crippen LogP contribution in [0.5, 0.6) is 11.5 Å². The second-order valence-corrected chi connectivity index (χ2v) is 7.92. The van der Waals surface area contributed by atoms with Crippen molar-refractivity contribution >= 4 is 17.4 Å². The number of ketones is 1. The quantitative estimate of drug-likeness (QED) is 0.438. The van der Waals surface area contributed by atoms with Crippen molar-refractivity contribution in [1.82, 2.24) is 9.80 Å². The third kappa shape index (κ3) is 4.14. The zero-order chi connectivity index (χ0) is 22.0. The summed E-state index contributed by atoms with van der Waals surface area (Å²) in [7, 11) is 3.93. The fraction of sp³-hybridized carbons (Fsp3) is 0.333. The van der Waals surface area contributed by atoms with E-state index in [2.05, 4.69) is 0 Å². The van der Waals surface area contributed by atoms with Gasteiger partial charge in [0, 0.05) is 12.1 Å². The number of hydrogen-bond acceptors (Lipinski definition) is 6. The van der Waals surface area contributed by atoms with Gasteiger partial charge in [0.15, 0.2) is 11.5 Å². The molecule has 7 heteroatoms. The number of rotatable bonds is 6. The van der Waals surface area contributed by atoms with Gasteiger partial charge in [-0.15, -0.1) is 0 Å². The second kappa shape index (κ2) is 8.81. The number of carbonyl (C=O) groups excluding carboxylic acids is 2. The molecule has 1 N–H and O–H groups in total. The van der Waals surface area contributed by atoms with E-state index in [1.54, 1.807) is 23.1 Å². The van der Waals surface area contributed by atoms with Gasteiger partial charge >= 0.3 is 0 Å². The monoisotopic (exact) mass is 422 g/mol. The van der Waals surface area contributed by atoms with Gasteiger partial charge in [-0.1, -0.05) is 30.3 Å². The topological polar surface area (TPSA) is 79.3 Å². The standard InChI is InChI=1S/C24H26N2O5/c1-25(2)11-6-12-26-21(16-7-4-3-5-8-16)20(23(28)24(26)29)22(27)17-9-10-18-19(15-17)31-14-13-30-18/h3-5,7-10,15,21,27H,6,11-14H2,1-2H3/b22-20+. The van der Waals surface area contributed by atoms with Crippen molar-refractivity contribution in [2.75, 3.05) is 40.4 Å². The highest BCUT2D eigenvalue weighted by molar-refractivity contribution is 6.46. The highest BCUT2D eigenvalue weighted by Crippen LogP contribution is 2.41. The summed E-state index contributed by atoms with van der Waals surface area (Å²) in [5.41, 5.74) is 1.29. The molecule has 1 atom stereocenters. The number of aliphatic hydroxyl groups excluding tert-OH is 1.